The van der Waals surface area contributed by atoms with E-state index in [9.17, 15) is 4.79 Å². The predicted molar refractivity (Wildman–Crippen MR) is 81.2 cm³/mol. The molecule has 1 aromatic carbocycles. The molecule has 0 saturated carbocycles. The van der Waals surface area contributed by atoms with Crippen molar-refractivity contribution in [3.8, 4) is 5.75 Å². The summed E-state index contributed by atoms with van der Waals surface area (Å²) in [5.41, 5.74) is 7.51. The molecule has 6 heteroatoms. The standard InChI is InChI=1S/C15H21N3O3/c1-9(2)7-13(14(19)21-4)18-12-8-10(20-3)5-6-11(12)17-15(18)16/h5-6,8-9,13H,7H2,1-4H3,(H2,16,17). The molecule has 1 unspecified atom stereocenters. The molecule has 21 heavy (non-hydrogen) atoms. The largest absolute Gasteiger partial charge is 0.497 e. The SMILES string of the molecule is COC(=O)C(CC(C)C)n1c(N)nc2ccc(OC)cc21. The number of imidazole rings is 1. The summed E-state index contributed by atoms with van der Waals surface area (Å²) < 4.78 is 11.9. The highest BCUT2D eigenvalue weighted by Crippen LogP contribution is 2.30. The van der Waals surface area contributed by atoms with Gasteiger partial charge in [-0.05, 0) is 24.5 Å². The molecule has 0 bridgehead atoms. The highest BCUT2D eigenvalue weighted by Gasteiger charge is 2.26. The molecule has 0 fully saturated rings. The maximum atomic E-state index is 12.1. The van der Waals surface area contributed by atoms with E-state index in [0.717, 1.165) is 11.0 Å². The third kappa shape index (κ3) is 2.94. The topological polar surface area (TPSA) is 79.4 Å². The van der Waals surface area contributed by atoms with Crippen LogP contribution in [-0.4, -0.2) is 29.7 Å². The number of anilines is 1. The first kappa shape index (κ1) is 15.2. The summed E-state index contributed by atoms with van der Waals surface area (Å²) in [5, 5.41) is 0. The minimum absolute atomic E-state index is 0.300. The average Bonchev–Trinajstić information content (AvgIpc) is 2.78. The second kappa shape index (κ2) is 6.03. The first-order valence-corrected chi connectivity index (χ1v) is 6.87. The van der Waals surface area contributed by atoms with Crippen LogP contribution in [0, 0.1) is 5.92 Å². The van der Waals surface area contributed by atoms with Gasteiger partial charge < -0.3 is 15.2 Å². The number of nitrogens with two attached hydrogens (primary N) is 1. The summed E-state index contributed by atoms with van der Waals surface area (Å²) >= 11 is 0. The van der Waals surface area contributed by atoms with Gasteiger partial charge in [-0.2, -0.15) is 0 Å². The van der Waals surface area contributed by atoms with Crippen LogP contribution in [0.1, 0.15) is 26.3 Å². The van der Waals surface area contributed by atoms with Gasteiger partial charge >= 0.3 is 5.97 Å². The minimum Gasteiger partial charge on any atom is -0.497 e. The van der Waals surface area contributed by atoms with Crippen LogP contribution in [0.4, 0.5) is 5.95 Å². The van der Waals surface area contributed by atoms with E-state index < -0.39 is 6.04 Å². The number of nitrogens with zero attached hydrogens (tertiary/aromatic N) is 2. The highest BCUT2D eigenvalue weighted by atomic mass is 16.5. The van der Waals surface area contributed by atoms with Gasteiger partial charge in [0.15, 0.2) is 0 Å². The molecule has 2 N–H and O–H groups in total. The zero-order valence-electron chi connectivity index (χ0n) is 12.8. The third-order valence-corrected chi connectivity index (χ3v) is 3.40. The number of carbonyl (C=O) groups excluding carboxylic acids is 1. The third-order valence-electron chi connectivity index (χ3n) is 3.40. The fourth-order valence-electron chi connectivity index (χ4n) is 2.44. The van der Waals surface area contributed by atoms with Crippen LogP contribution in [0.5, 0.6) is 5.75 Å². The quantitative estimate of drug-likeness (QED) is 0.856. The van der Waals surface area contributed by atoms with Crippen LogP contribution in [-0.2, 0) is 9.53 Å². The monoisotopic (exact) mass is 291 g/mol. The van der Waals surface area contributed by atoms with E-state index in [0.29, 0.717) is 24.0 Å². The number of fused-ring (bicyclic) bond motifs is 1. The summed E-state index contributed by atoms with van der Waals surface area (Å²) in [5.74, 6) is 0.986. The highest BCUT2D eigenvalue weighted by molar-refractivity contribution is 5.84. The normalized spacial score (nSPS) is 12.6. The average molecular weight is 291 g/mol. The van der Waals surface area contributed by atoms with Crippen LogP contribution in [0.3, 0.4) is 0 Å². The van der Waals surface area contributed by atoms with Crippen molar-refractivity contribution >= 4 is 23.0 Å². The number of esters is 1. The van der Waals surface area contributed by atoms with E-state index in [-0.39, 0.29) is 5.97 Å². The molecule has 0 aliphatic rings. The van der Waals surface area contributed by atoms with Gasteiger partial charge in [-0.3, -0.25) is 4.57 Å². The molecule has 0 amide bonds. The fraction of sp³-hybridized carbons (Fsp3) is 0.467. The number of ether oxygens (including phenoxy) is 2. The van der Waals surface area contributed by atoms with Crippen LogP contribution >= 0.6 is 0 Å². The smallest absolute Gasteiger partial charge is 0.328 e. The lowest BCUT2D eigenvalue weighted by atomic mass is 10.0. The van der Waals surface area contributed by atoms with Crippen molar-refractivity contribution in [3.05, 3.63) is 18.2 Å². The Hall–Kier alpha value is -2.24. The summed E-state index contributed by atoms with van der Waals surface area (Å²) in [4.78, 5) is 16.4. The lowest BCUT2D eigenvalue weighted by Gasteiger charge is -2.20. The number of hydrogen-bond donors (Lipinski definition) is 1. The molecule has 1 aromatic heterocycles. The Morgan fingerprint density at radius 1 is 1.38 bits per heavy atom. The second-order valence-electron chi connectivity index (χ2n) is 5.36. The molecular weight excluding hydrogens is 270 g/mol. The van der Waals surface area contributed by atoms with E-state index >= 15 is 0 Å². The van der Waals surface area contributed by atoms with Gasteiger partial charge in [-0.15, -0.1) is 0 Å². The Balaban J connectivity index is 2.60. The molecule has 0 saturated heterocycles. The lowest BCUT2D eigenvalue weighted by Crippen LogP contribution is -2.23. The van der Waals surface area contributed by atoms with Gasteiger partial charge in [-0.25, -0.2) is 9.78 Å². The Labute approximate surface area is 123 Å². The molecule has 2 aromatic rings. The second-order valence-corrected chi connectivity index (χ2v) is 5.36. The van der Waals surface area contributed by atoms with E-state index in [1.165, 1.54) is 7.11 Å². The van der Waals surface area contributed by atoms with Crippen LogP contribution in [0.15, 0.2) is 18.2 Å². The van der Waals surface area contributed by atoms with Gasteiger partial charge in [0.1, 0.15) is 11.8 Å². The Morgan fingerprint density at radius 3 is 2.67 bits per heavy atom. The van der Waals surface area contributed by atoms with Crippen molar-refractivity contribution in [1.82, 2.24) is 9.55 Å². The van der Waals surface area contributed by atoms with Crippen molar-refractivity contribution in [1.29, 1.82) is 0 Å². The predicted octanol–water partition coefficient (Wildman–Crippen LogP) is 2.39. The number of hydrogen-bond acceptors (Lipinski definition) is 5. The molecule has 6 nitrogen and oxygen atoms in total. The van der Waals surface area contributed by atoms with E-state index in [4.69, 9.17) is 15.2 Å². The van der Waals surface area contributed by atoms with Crippen molar-refractivity contribution in [2.45, 2.75) is 26.3 Å². The summed E-state index contributed by atoms with van der Waals surface area (Å²) in [7, 11) is 2.97. The van der Waals surface area contributed by atoms with E-state index in [2.05, 4.69) is 4.98 Å². The number of benzene rings is 1. The van der Waals surface area contributed by atoms with Crippen molar-refractivity contribution < 1.29 is 14.3 Å². The zero-order chi connectivity index (χ0) is 15.6. The van der Waals surface area contributed by atoms with E-state index in [1.54, 1.807) is 11.7 Å². The molecule has 2 rings (SSSR count). The van der Waals surface area contributed by atoms with Crippen molar-refractivity contribution in [2.24, 2.45) is 5.92 Å². The molecule has 0 spiro atoms. The molecule has 0 aliphatic heterocycles. The van der Waals surface area contributed by atoms with Gasteiger partial charge in [-0.1, -0.05) is 13.8 Å². The molecule has 1 heterocycles. The summed E-state index contributed by atoms with van der Waals surface area (Å²) in [6.07, 6.45) is 0.625. The first-order chi connectivity index (χ1) is 9.97. The maximum absolute atomic E-state index is 12.1. The van der Waals surface area contributed by atoms with Crippen LogP contribution < -0.4 is 10.5 Å². The maximum Gasteiger partial charge on any atom is 0.328 e. The van der Waals surface area contributed by atoms with Crippen LogP contribution in [0.25, 0.3) is 11.0 Å². The van der Waals surface area contributed by atoms with Crippen molar-refractivity contribution in [3.63, 3.8) is 0 Å². The molecule has 114 valence electrons. The molecule has 0 radical (unpaired) electrons. The van der Waals surface area contributed by atoms with Gasteiger partial charge in [0.25, 0.3) is 0 Å². The first-order valence-electron chi connectivity index (χ1n) is 6.87. The summed E-state index contributed by atoms with van der Waals surface area (Å²) in [6.45, 7) is 4.09. The van der Waals surface area contributed by atoms with Gasteiger partial charge in [0, 0.05) is 6.07 Å². The number of rotatable bonds is 5. The Morgan fingerprint density at radius 2 is 2.10 bits per heavy atom. The molecule has 1 atom stereocenters. The lowest BCUT2D eigenvalue weighted by molar-refractivity contribution is -0.145. The van der Waals surface area contributed by atoms with Crippen LogP contribution in [0.2, 0.25) is 0 Å². The Kier molecular flexibility index (Phi) is 4.35. The van der Waals surface area contributed by atoms with E-state index in [1.807, 2.05) is 32.0 Å². The fourth-order valence-corrected chi connectivity index (χ4v) is 2.44. The zero-order valence-corrected chi connectivity index (χ0v) is 12.8. The molecule has 0 aliphatic carbocycles. The van der Waals surface area contributed by atoms with Gasteiger partial charge in [0.05, 0.1) is 25.3 Å². The van der Waals surface area contributed by atoms with Gasteiger partial charge in [0.2, 0.25) is 5.95 Å². The Bertz CT molecular complexity index is 649. The minimum atomic E-state index is -0.493. The number of nitrogen functional groups attached to an aromatic ring is 1. The summed E-state index contributed by atoms with van der Waals surface area (Å²) in [6, 6.07) is 4.97. The molecular formula is C15H21N3O3. The number of methoxy groups -OCH3 is 2. The number of aromatic nitrogens is 2. The van der Waals surface area contributed by atoms with Crippen molar-refractivity contribution in [2.75, 3.05) is 20.0 Å². The number of carbonyl (C=O) groups is 1.